The smallest absolute Gasteiger partial charge is 0.227 e. The second kappa shape index (κ2) is 11.6. The van der Waals surface area contributed by atoms with E-state index in [0.29, 0.717) is 23.4 Å². The molecule has 0 saturated carbocycles. The molecule has 11 rings (SSSR count). The summed E-state index contributed by atoms with van der Waals surface area (Å²) in [5.41, 5.74) is 10.0. The zero-order valence-corrected chi connectivity index (χ0v) is 28.1. The maximum atomic E-state index is 6.22. The molecule has 0 N–H and O–H groups in total. The first-order chi connectivity index (χ1) is 26.2. The molecule has 0 saturated heterocycles. The second-order valence-corrected chi connectivity index (χ2v) is 13.1. The molecule has 0 fully saturated rings. The summed E-state index contributed by atoms with van der Waals surface area (Å²) in [5.74, 6) is 2.38. The Morgan fingerprint density at radius 2 is 1.04 bits per heavy atom. The Balaban J connectivity index is 1.06. The van der Waals surface area contributed by atoms with Crippen LogP contribution >= 0.6 is 0 Å². The zero-order chi connectivity index (χ0) is 34.9. The lowest BCUT2D eigenvalue weighted by Crippen LogP contribution is -2.01. The van der Waals surface area contributed by atoms with Gasteiger partial charge in [-0.2, -0.15) is 0 Å². The lowest BCUT2D eigenvalue weighted by Gasteiger charge is -2.11. The van der Waals surface area contributed by atoms with E-state index in [1.54, 1.807) is 0 Å². The van der Waals surface area contributed by atoms with Crippen LogP contribution in [0, 0.1) is 0 Å². The van der Waals surface area contributed by atoms with Crippen LogP contribution in [0.2, 0.25) is 0 Å². The molecule has 0 aliphatic rings. The third kappa shape index (κ3) is 4.75. The number of nitrogens with zero attached hydrogens (tertiary/aromatic N) is 5. The highest BCUT2D eigenvalue weighted by Crippen LogP contribution is 2.38. The van der Waals surface area contributed by atoms with E-state index in [1.807, 2.05) is 84.9 Å². The minimum absolute atomic E-state index is 0.587. The lowest BCUT2D eigenvalue weighted by molar-refractivity contribution is 0.620. The number of hydrogen-bond donors (Lipinski definition) is 0. The van der Waals surface area contributed by atoms with Crippen molar-refractivity contribution in [1.82, 2.24) is 24.5 Å². The topological polar surface area (TPSA) is 82.8 Å². The summed E-state index contributed by atoms with van der Waals surface area (Å²) in [7, 11) is 0. The Kier molecular flexibility index (Phi) is 6.42. The van der Waals surface area contributed by atoms with E-state index >= 15 is 0 Å². The van der Waals surface area contributed by atoms with Crippen molar-refractivity contribution in [3.8, 4) is 51.3 Å². The molecule has 4 heterocycles. The normalized spacial score (nSPS) is 11.8. The predicted molar refractivity (Wildman–Crippen MR) is 211 cm³/mol. The van der Waals surface area contributed by atoms with Crippen molar-refractivity contribution in [1.29, 1.82) is 0 Å². The second-order valence-electron chi connectivity index (χ2n) is 13.1. The molecule has 53 heavy (non-hydrogen) atoms. The molecule has 7 nitrogen and oxygen atoms in total. The van der Waals surface area contributed by atoms with Crippen molar-refractivity contribution in [2.45, 2.75) is 0 Å². The molecule has 0 unspecified atom stereocenters. The molecule has 0 atom stereocenters. The van der Waals surface area contributed by atoms with Crippen LogP contribution in [0.15, 0.2) is 173 Å². The fourth-order valence-corrected chi connectivity index (χ4v) is 7.44. The van der Waals surface area contributed by atoms with Crippen LogP contribution in [0.5, 0.6) is 0 Å². The molecule has 11 aromatic rings. The highest BCUT2D eigenvalue weighted by molar-refractivity contribution is 6.12. The molecule has 4 aromatic heterocycles. The molecular weight excluding hydrogens is 655 g/mol. The molecule has 248 valence electrons. The van der Waals surface area contributed by atoms with Gasteiger partial charge in [0.2, 0.25) is 5.89 Å². The summed E-state index contributed by atoms with van der Waals surface area (Å²) in [6, 6.07) is 55.3. The van der Waals surface area contributed by atoms with E-state index in [1.165, 1.54) is 5.39 Å². The van der Waals surface area contributed by atoms with E-state index in [-0.39, 0.29) is 0 Å². The van der Waals surface area contributed by atoms with Gasteiger partial charge in [-0.25, -0.2) is 19.9 Å². The number of fused-ring (bicyclic) bond motifs is 7. The standard InChI is InChI=1S/C46H27N5O2/c1-2-11-28(12-3-1)43-48-44(50-45(49-43)35-15-10-20-41-42(35)34-14-5-8-18-39(34)52-41)29-21-24-31(25-22-29)51-37-17-7-4-13-32(37)33-26-23-30(27-38(33)51)46-47-36-16-6-9-19-40(36)53-46/h1-27H. The van der Waals surface area contributed by atoms with Gasteiger partial charge in [-0.3, -0.25) is 0 Å². The summed E-state index contributed by atoms with van der Waals surface area (Å²) in [6.45, 7) is 0. The number of hydrogen-bond acceptors (Lipinski definition) is 6. The fourth-order valence-electron chi connectivity index (χ4n) is 7.44. The first-order valence-electron chi connectivity index (χ1n) is 17.5. The molecule has 0 spiro atoms. The predicted octanol–water partition coefficient (Wildman–Crippen LogP) is 11.7. The first-order valence-corrected chi connectivity index (χ1v) is 17.5. The van der Waals surface area contributed by atoms with Gasteiger partial charge in [-0.1, -0.05) is 97.1 Å². The Morgan fingerprint density at radius 3 is 1.87 bits per heavy atom. The molecule has 7 aromatic carbocycles. The average Bonchev–Trinajstić information content (AvgIpc) is 3.93. The number of benzene rings is 7. The Morgan fingerprint density at radius 1 is 0.396 bits per heavy atom. The SMILES string of the molecule is c1ccc(-c2nc(-c3ccc(-n4c5ccccc5c5ccc(-c6nc7ccccc7o6)cc54)cc3)nc(-c3cccc4oc5ccccc5c34)n2)cc1. The third-order valence-electron chi connectivity index (χ3n) is 9.91. The van der Waals surface area contributed by atoms with E-state index in [9.17, 15) is 0 Å². The number of furan rings is 1. The van der Waals surface area contributed by atoms with Crippen molar-refractivity contribution in [3.05, 3.63) is 164 Å². The summed E-state index contributed by atoms with van der Waals surface area (Å²) < 4.78 is 14.7. The number of oxazole rings is 1. The van der Waals surface area contributed by atoms with Crippen LogP contribution in [0.25, 0.3) is 106 Å². The van der Waals surface area contributed by atoms with Crippen molar-refractivity contribution in [2.75, 3.05) is 0 Å². The van der Waals surface area contributed by atoms with Gasteiger partial charge in [0, 0.05) is 49.5 Å². The Bertz CT molecular complexity index is 3140. The number of rotatable bonds is 5. The molecule has 0 aliphatic heterocycles. The highest BCUT2D eigenvalue weighted by atomic mass is 16.3. The summed E-state index contributed by atoms with van der Waals surface area (Å²) in [6.07, 6.45) is 0. The molecule has 7 heteroatoms. The van der Waals surface area contributed by atoms with Crippen LogP contribution in [0.3, 0.4) is 0 Å². The highest BCUT2D eigenvalue weighted by Gasteiger charge is 2.19. The average molecular weight is 682 g/mol. The van der Waals surface area contributed by atoms with Crippen LogP contribution in [0.4, 0.5) is 0 Å². The van der Waals surface area contributed by atoms with Crippen molar-refractivity contribution >= 4 is 54.8 Å². The van der Waals surface area contributed by atoms with Gasteiger partial charge in [0.1, 0.15) is 16.7 Å². The monoisotopic (exact) mass is 681 g/mol. The van der Waals surface area contributed by atoms with E-state index in [0.717, 1.165) is 77.4 Å². The van der Waals surface area contributed by atoms with Gasteiger partial charge >= 0.3 is 0 Å². The van der Waals surface area contributed by atoms with Gasteiger partial charge < -0.3 is 13.4 Å². The third-order valence-corrected chi connectivity index (χ3v) is 9.91. The van der Waals surface area contributed by atoms with E-state index in [4.69, 9.17) is 28.8 Å². The molecular formula is C46H27N5O2. The van der Waals surface area contributed by atoms with Gasteiger partial charge in [-0.05, 0) is 66.7 Å². The zero-order valence-electron chi connectivity index (χ0n) is 28.1. The van der Waals surface area contributed by atoms with Gasteiger partial charge in [-0.15, -0.1) is 0 Å². The van der Waals surface area contributed by atoms with Crippen molar-refractivity contribution in [2.24, 2.45) is 0 Å². The quantitative estimate of drug-likeness (QED) is 0.180. The number of para-hydroxylation sites is 4. The Hall–Kier alpha value is -7.38. The summed E-state index contributed by atoms with van der Waals surface area (Å²) in [4.78, 5) is 19.9. The van der Waals surface area contributed by atoms with Crippen molar-refractivity contribution in [3.63, 3.8) is 0 Å². The maximum absolute atomic E-state index is 6.22. The Labute approximate surface area is 302 Å². The van der Waals surface area contributed by atoms with Gasteiger partial charge in [0.15, 0.2) is 23.1 Å². The maximum Gasteiger partial charge on any atom is 0.227 e. The number of aromatic nitrogens is 5. The van der Waals surface area contributed by atoms with Crippen LogP contribution < -0.4 is 0 Å². The molecule has 0 radical (unpaired) electrons. The fraction of sp³-hybridized carbons (Fsp3) is 0. The van der Waals surface area contributed by atoms with E-state index in [2.05, 4.69) is 83.4 Å². The van der Waals surface area contributed by atoms with Crippen LogP contribution in [0.1, 0.15) is 0 Å². The van der Waals surface area contributed by atoms with Gasteiger partial charge in [0.05, 0.1) is 11.0 Å². The largest absolute Gasteiger partial charge is 0.456 e. The first kappa shape index (κ1) is 29.4. The lowest BCUT2D eigenvalue weighted by atomic mass is 10.1. The minimum Gasteiger partial charge on any atom is -0.456 e. The summed E-state index contributed by atoms with van der Waals surface area (Å²) in [5, 5.41) is 4.33. The van der Waals surface area contributed by atoms with Gasteiger partial charge in [0.25, 0.3) is 0 Å². The summed E-state index contributed by atoms with van der Waals surface area (Å²) >= 11 is 0. The van der Waals surface area contributed by atoms with E-state index < -0.39 is 0 Å². The molecule has 0 aliphatic carbocycles. The van der Waals surface area contributed by atoms with Crippen molar-refractivity contribution < 1.29 is 8.83 Å². The van der Waals surface area contributed by atoms with Crippen LogP contribution in [-0.2, 0) is 0 Å². The van der Waals surface area contributed by atoms with Crippen LogP contribution in [-0.4, -0.2) is 24.5 Å². The molecule has 0 bridgehead atoms. The molecule has 0 amide bonds. The minimum atomic E-state index is 0.587.